The molecule has 1 aromatic rings. The van der Waals surface area contributed by atoms with E-state index in [1.54, 1.807) is 24.3 Å². The van der Waals surface area contributed by atoms with Crippen molar-refractivity contribution in [3.8, 4) is 0 Å². The summed E-state index contributed by atoms with van der Waals surface area (Å²) in [6, 6.07) is 7.26. The van der Waals surface area contributed by atoms with Gasteiger partial charge in [0, 0.05) is 37.0 Å². The molecule has 1 N–H and O–H groups in total. The maximum absolute atomic E-state index is 12.5. The van der Waals surface area contributed by atoms with Gasteiger partial charge >= 0.3 is 0 Å². The van der Waals surface area contributed by atoms with E-state index in [1.165, 1.54) is 6.26 Å². The molecule has 1 fully saturated rings. The molecule has 1 aliphatic rings. The fourth-order valence-corrected chi connectivity index (χ4v) is 3.35. The summed E-state index contributed by atoms with van der Waals surface area (Å²) in [5, 5.41) is 3.34. The Morgan fingerprint density at radius 2 is 1.90 bits per heavy atom. The summed E-state index contributed by atoms with van der Waals surface area (Å²) in [4.78, 5) is 14.4. The highest BCUT2D eigenvalue weighted by Crippen LogP contribution is 2.15. The molecule has 5 nitrogen and oxygen atoms in total. The molecule has 0 aliphatic carbocycles. The third-order valence-electron chi connectivity index (χ3n) is 3.92. The minimum atomic E-state index is -3.05. The summed E-state index contributed by atoms with van der Waals surface area (Å²) in [7, 11) is -3.05. The number of carbonyl (C=O) groups is 1. The molecule has 21 heavy (non-hydrogen) atoms. The van der Waals surface area contributed by atoms with Crippen molar-refractivity contribution in [2.45, 2.75) is 31.7 Å². The zero-order valence-electron chi connectivity index (χ0n) is 12.7. The highest BCUT2D eigenvalue weighted by Gasteiger charge is 2.28. The predicted octanol–water partition coefficient (Wildman–Crippen LogP) is 1.05. The van der Waals surface area contributed by atoms with Crippen LogP contribution in [0.4, 0.5) is 0 Å². The largest absolute Gasteiger partial charge is 0.333 e. The number of nitrogens with zero attached hydrogens (tertiary/aromatic N) is 1. The highest BCUT2D eigenvalue weighted by molar-refractivity contribution is 7.89. The molecule has 0 spiro atoms. The zero-order chi connectivity index (χ0) is 15.6. The second-order valence-corrected chi connectivity index (χ2v) is 7.89. The molecule has 1 aliphatic heterocycles. The smallest absolute Gasteiger partial charge is 0.254 e. The molecule has 2 atom stereocenters. The lowest BCUT2D eigenvalue weighted by atomic mass is 10.0. The Morgan fingerprint density at radius 3 is 2.48 bits per heavy atom. The second kappa shape index (κ2) is 6.15. The van der Waals surface area contributed by atoms with Crippen LogP contribution in [0.5, 0.6) is 0 Å². The molecule has 1 aromatic carbocycles. The monoisotopic (exact) mass is 310 g/mol. The first kappa shape index (κ1) is 16.0. The van der Waals surface area contributed by atoms with E-state index < -0.39 is 9.84 Å². The summed E-state index contributed by atoms with van der Waals surface area (Å²) in [6.45, 7) is 5.59. The molecule has 6 heteroatoms. The van der Waals surface area contributed by atoms with Crippen molar-refractivity contribution in [1.82, 2.24) is 10.2 Å². The quantitative estimate of drug-likeness (QED) is 0.906. The third-order valence-corrected chi connectivity index (χ3v) is 4.78. The molecule has 0 aromatic heterocycles. The van der Waals surface area contributed by atoms with E-state index in [4.69, 9.17) is 0 Å². The van der Waals surface area contributed by atoms with Crippen molar-refractivity contribution in [3.05, 3.63) is 35.4 Å². The molecule has 2 rings (SSSR count). The molecule has 1 amide bonds. The van der Waals surface area contributed by atoms with Gasteiger partial charge in [-0.05, 0) is 31.5 Å². The number of piperazine rings is 1. The molecule has 0 bridgehead atoms. The van der Waals surface area contributed by atoms with Crippen LogP contribution in [0.25, 0.3) is 0 Å². The average Bonchev–Trinajstić information content (AvgIpc) is 2.40. The summed E-state index contributed by atoms with van der Waals surface area (Å²) in [6.07, 6.45) is 1.20. The lowest BCUT2D eigenvalue weighted by Gasteiger charge is -2.38. The SMILES string of the molecule is CC1NCCN(C(=O)c2ccc(CS(C)(=O)=O)cc2)C1C. The van der Waals surface area contributed by atoms with Gasteiger partial charge in [-0.15, -0.1) is 0 Å². The number of carbonyl (C=O) groups excluding carboxylic acids is 1. The van der Waals surface area contributed by atoms with Gasteiger partial charge in [0.1, 0.15) is 0 Å². The van der Waals surface area contributed by atoms with Crippen LogP contribution < -0.4 is 5.32 Å². The zero-order valence-corrected chi connectivity index (χ0v) is 13.5. The maximum Gasteiger partial charge on any atom is 0.254 e. The Bertz CT molecular complexity index is 610. The lowest BCUT2D eigenvalue weighted by molar-refractivity contribution is 0.0603. The normalized spacial score (nSPS) is 23.1. The molecule has 0 radical (unpaired) electrons. The van der Waals surface area contributed by atoms with Gasteiger partial charge < -0.3 is 10.2 Å². The molecule has 1 saturated heterocycles. The number of amides is 1. The van der Waals surface area contributed by atoms with E-state index in [0.717, 1.165) is 6.54 Å². The molecular formula is C15H22N2O3S. The van der Waals surface area contributed by atoms with E-state index in [2.05, 4.69) is 12.2 Å². The Balaban J connectivity index is 2.13. The standard InChI is InChI=1S/C15H22N2O3S/c1-11-12(2)17(9-8-16-11)15(18)14-6-4-13(5-7-14)10-21(3,19)20/h4-7,11-12,16H,8-10H2,1-3H3. The summed E-state index contributed by atoms with van der Waals surface area (Å²) in [5.74, 6) is 0.00415. The highest BCUT2D eigenvalue weighted by atomic mass is 32.2. The minimum Gasteiger partial charge on any atom is -0.333 e. The maximum atomic E-state index is 12.5. The fraction of sp³-hybridized carbons (Fsp3) is 0.533. The van der Waals surface area contributed by atoms with Gasteiger partial charge in [0.05, 0.1) is 5.75 Å². The van der Waals surface area contributed by atoms with Gasteiger partial charge in [-0.1, -0.05) is 12.1 Å². The first-order valence-corrected chi connectivity index (χ1v) is 9.15. The first-order chi connectivity index (χ1) is 9.78. The number of rotatable bonds is 3. The van der Waals surface area contributed by atoms with Crippen LogP contribution in [0.3, 0.4) is 0 Å². The van der Waals surface area contributed by atoms with Crippen LogP contribution in [-0.4, -0.2) is 50.7 Å². The van der Waals surface area contributed by atoms with Crippen LogP contribution in [0.15, 0.2) is 24.3 Å². The Kier molecular flexibility index (Phi) is 4.68. The Labute approximate surface area is 126 Å². The first-order valence-electron chi connectivity index (χ1n) is 7.09. The van der Waals surface area contributed by atoms with Crippen LogP contribution in [0, 0.1) is 0 Å². The summed E-state index contributed by atoms with van der Waals surface area (Å²) in [5.41, 5.74) is 1.31. The van der Waals surface area contributed by atoms with Crippen molar-refractivity contribution in [3.63, 3.8) is 0 Å². The van der Waals surface area contributed by atoms with Gasteiger partial charge in [-0.3, -0.25) is 4.79 Å². The van der Waals surface area contributed by atoms with Crippen LogP contribution in [0.1, 0.15) is 29.8 Å². The van der Waals surface area contributed by atoms with E-state index in [0.29, 0.717) is 17.7 Å². The predicted molar refractivity (Wildman–Crippen MR) is 83.0 cm³/mol. The molecule has 2 unspecified atom stereocenters. The Morgan fingerprint density at radius 1 is 1.29 bits per heavy atom. The lowest BCUT2D eigenvalue weighted by Crippen LogP contribution is -2.57. The van der Waals surface area contributed by atoms with Crippen LogP contribution in [-0.2, 0) is 15.6 Å². The molecule has 0 saturated carbocycles. The second-order valence-electron chi connectivity index (χ2n) is 5.75. The molecule has 116 valence electrons. The number of hydrogen-bond acceptors (Lipinski definition) is 4. The fourth-order valence-electron chi connectivity index (χ4n) is 2.56. The van der Waals surface area contributed by atoms with E-state index in [-0.39, 0.29) is 23.7 Å². The van der Waals surface area contributed by atoms with E-state index in [1.807, 2.05) is 11.8 Å². The average molecular weight is 310 g/mol. The summed E-state index contributed by atoms with van der Waals surface area (Å²) >= 11 is 0. The van der Waals surface area contributed by atoms with Crippen molar-refractivity contribution in [2.24, 2.45) is 0 Å². The van der Waals surface area contributed by atoms with Gasteiger partial charge in [0.2, 0.25) is 0 Å². The third kappa shape index (κ3) is 4.04. The number of nitrogens with one attached hydrogen (secondary N) is 1. The van der Waals surface area contributed by atoms with Crippen molar-refractivity contribution < 1.29 is 13.2 Å². The van der Waals surface area contributed by atoms with Gasteiger partial charge in [0.25, 0.3) is 5.91 Å². The number of benzene rings is 1. The van der Waals surface area contributed by atoms with Crippen molar-refractivity contribution in [1.29, 1.82) is 0 Å². The Hall–Kier alpha value is -1.40. The summed E-state index contributed by atoms with van der Waals surface area (Å²) < 4.78 is 22.5. The van der Waals surface area contributed by atoms with Gasteiger partial charge in [-0.2, -0.15) is 0 Å². The number of sulfone groups is 1. The van der Waals surface area contributed by atoms with Gasteiger partial charge in [-0.25, -0.2) is 8.42 Å². The van der Waals surface area contributed by atoms with Crippen LogP contribution >= 0.6 is 0 Å². The van der Waals surface area contributed by atoms with Gasteiger partial charge in [0.15, 0.2) is 9.84 Å². The van der Waals surface area contributed by atoms with Crippen molar-refractivity contribution in [2.75, 3.05) is 19.3 Å². The molecule has 1 heterocycles. The van der Waals surface area contributed by atoms with Crippen LogP contribution in [0.2, 0.25) is 0 Å². The topological polar surface area (TPSA) is 66.5 Å². The van der Waals surface area contributed by atoms with E-state index >= 15 is 0 Å². The van der Waals surface area contributed by atoms with E-state index in [9.17, 15) is 13.2 Å². The number of hydrogen-bond donors (Lipinski definition) is 1. The molecular weight excluding hydrogens is 288 g/mol. The minimum absolute atomic E-state index is 0.00163. The van der Waals surface area contributed by atoms with Crippen molar-refractivity contribution >= 4 is 15.7 Å².